The second-order valence-corrected chi connectivity index (χ2v) is 7.89. The van der Waals surface area contributed by atoms with Crippen molar-refractivity contribution in [3.63, 3.8) is 0 Å². The molecule has 1 atom stereocenters. The molecule has 116 valence electrons. The smallest absolute Gasteiger partial charge is 0.241 e. The fourth-order valence-electron chi connectivity index (χ4n) is 1.67. The van der Waals surface area contributed by atoms with Gasteiger partial charge in [0, 0.05) is 37.7 Å². The van der Waals surface area contributed by atoms with Crippen molar-refractivity contribution in [2.45, 2.75) is 38.3 Å². The van der Waals surface area contributed by atoms with Crippen LogP contribution in [0.1, 0.15) is 25.6 Å². The molecule has 0 bridgehead atoms. The number of methoxy groups -OCH3 is 1. The van der Waals surface area contributed by atoms with Gasteiger partial charge in [0.15, 0.2) is 0 Å². The molecule has 1 heterocycles. The Morgan fingerprint density at radius 3 is 2.65 bits per heavy atom. The minimum absolute atomic E-state index is 0.144. The van der Waals surface area contributed by atoms with Gasteiger partial charge in [0.1, 0.15) is 0 Å². The molecule has 0 aliphatic rings. The third-order valence-corrected chi connectivity index (χ3v) is 5.30. The standard InChI is InChI=1S/C13H24N2O3S2/c1-10(2)14-8-12-13(5-6-19-12)20(16,17)15-7-11(3)9-18-4/h5-6,10-11,14-15H,7-9H2,1-4H3. The fourth-order valence-corrected chi connectivity index (χ4v) is 4.22. The lowest BCUT2D eigenvalue weighted by Crippen LogP contribution is -2.31. The molecule has 1 rings (SSSR count). The minimum Gasteiger partial charge on any atom is -0.384 e. The molecule has 0 aliphatic carbocycles. The van der Waals surface area contributed by atoms with E-state index in [4.69, 9.17) is 4.74 Å². The predicted molar refractivity (Wildman–Crippen MR) is 82.5 cm³/mol. The Balaban J connectivity index is 2.70. The highest BCUT2D eigenvalue weighted by Gasteiger charge is 2.20. The summed E-state index contributed by atoms with van der Waals surface area (Å²) in [6.45, 7) is 7.50. The molecule has 0 fully saturated rings. The Labute approximate surface area is 125 Å². The third kappa shape index (κ3) is 5.49. The van der Waals surface area contributed by atoms with E-state index in [9.17, 15) is 8.42 Å². The zero-order valence-electron chi connectivity index (χ0n) is 12.5. The second-order valence-electron chi connectivity index (χ2n) is 5.16. The van der Waals surface area contributed by atoms with E-state index in [1.807, 2.05) is 26.2 Å². The summed E-state index contributed by atoms with van der Waals surface area (Å²) in [5.74, 6) is 0.144. The van der Waals surface area contributed by atoms with Crippen LogP contribution in [0.5, 0.6) is 0 Å². The lowest BCUT2D eigenvalue weighted by molar-refractivity contribution is 0.161. The average molecular weight is 320 g/mol. The first-order chi connectivity index (χ1) is 9.36. The SMILES string of the molecule is COCC(C)CNS(=O)(=O)c1ccsc1CNC(C)C. The average Bonchev–Trinajstić information content (AvgIpc) is 2.83. The number of thiophene rings is 1. The number of ether oxygens (including phenoxy) is 1. The van der Waals surface area contributed by atoms with Crippen LogP contribution in [0, 0.1) is 5.92 Å². The van der Waals surface area contributed by atoms with Gasteiger partial charge in [-0.3, -0.25) is 0 Å². The maximum atomic E-state index is 12.3. The Morgan fingerprint density at radius 2 is 2.05 bits per heavy atom. The first-order valence-electron chi connectivity index (χ1n) is 6.65. The van der Waals surface area contributed by atoms with E-state index in [2.05, 4.69) is 10.0 Å². The van der Waals surface area contributed by atoms with Crippen molar-refractivity contribution in [3.8, 4) is 0 Å². The number of nitrogens with one attached hydrogen (secondary N) is 2. The van der Waals surface area contributed by atoms with Gasteiger partial charge in [-0.05, 0) is 17.4 Å². The van der Waals surface area contributed by atoms with Crippen LogP contribution in [0.2, 0.25) is 0 Å². The highest BCUT2D eigenvalue weighted by molar-refractivity contribution is 7.89. The van der Waals surface area contributed by atoms with Crippen molar-refractivity contribution >= 4 is 21.4 Å². The van der Waals surface area contributed by atoms with Crippen LogP contribution < -0.4 is 10.0 Å². The number of hydrogen-bond acceptors (Lipinski definition) is 5. The molecular formula is C13H24N2O3S2. The van der Waals surface area contributed by atoms with Crippen LogP contribution in [0.15, 0.2) is 16.3 Å². The van der Waals surface area contributed by atoms with Gasteiger partial charge in [-0.15, -0.1) is 11.3 Å². The van der Waals surface area contributed by atoms with E-state index in [-0.39, 0.29) is 5.92 Å². The van der Waals surface area contributed by atoms with Crippen molar-refractivity contribution in [1.29, 1.82) is 0 Å². The van der Waals surface area contributed by atoms with E-state index < -0.39 is 10.0 Å². The monoisotopic (exact) mass is 320 g/mol. The van der Waals surface area contributed by atoms with E-state index in [0.717, 1.165) is 4.88 Å². The molecule has 0 spiro atoms. The summed E-state index contributed by atoms with van der Waals surface area (Å²) in [4.78, 5) is 1.21. The quantitative estimate of drug-likeness (QED) is 0.728. The summed E-state index contributed by atoms with van der Waals surface area (Å²) in [5, 5.41) is 5.05. The van der Waals surface area contributed by atoms with Crippen LogP contribution in [0.25, 0.3) is 0 Å². The molecular weight excluding hydrogens is 296 g/mol. The molecule has 1 unspecified atom stereocenters. The van der Waals surface area contributed by atoms with Gasteiger partial charge in [-0.2, -0.15) is 0 Å². The zero-order chi connectivity index (χ0) is 15.2. The van der Waals surface area contributed by atoms with Crippen LogP contribution in [-0.4, -0.2) is 34.7 Å². The lowest BCUT2D eigenvalue weighted by Gasteiger charge is -2.13. The molecule has 7 heteroatoms. The van der Waals surface area contributed by atoms with Crippen LogP contribution in [0.4, 0.5) is 0 Å². The molecule has 1 aromatic rings. The van der Waals surface area contributed by atoms with E-state index in [1.54, 1.807) is 13.2 Å². The number of sulfonamides is 1. The summed E-state index contributed by atoms with van der Waals surface area (Å²) in [5.41, 5.74) is 0. The minimum atomic E-state index is -3.44. The summed E-state index contributed by atoms with van der Waals surface area (Å²) in [6.07, 6.45) is 0. The summed E-state index contributed by atoms with van der Waals surface area (Å²) in [6, 6.07) is 1.98. The van der Waals surface area contributed by atoms with Crippen molar-refractivity contribution in [3.05, 3.63) is 16.3 Å². The Morgan fingerprint density at radius 1 is 1.35 bits per heavy atom. The Hall–Kier alpha value is -0.470. The van der Waals surface area contributed by atoms with Gasteiger partial charge >= 0.3 is 0 Å². The summed E-state index contributed by atoms with van der Waals surface area (Å²) < 4.78 is 32.2. The van der Waals surface area contributed by atoms with E-state index >= 15 is 0 Å². The van der Waals surface area contributed by atoms with Crippen molar-refractivity contribution in [2.24, 2.45) is 5.92 Å². The normalized spacial score (nSPS) is 13.8. The van der Waals surface area contributed by atoms with Crippen molar-refractivity contribution in [2.75, 3.05) is 20.3 Å². The van der Waals surface area contributed by atoms with Crippen LogP contribution in [-0.2, 0) is 21.3 Å². The first kappa shape index (κ1) is 17.6. The van der Waals surface area contributed by atoms with Crippen LogP contribution >= 0.6 is 11.3 Å². The van der Waals surface area contributed by atoms with Crippen molar-refractivity contribution < 1.29 is 13.2 Å². The van der Waals surface area contributed by atoms with E-state index in [0.29, 0.717) is 30.6 Å². The topological polar surface area (TPSA) is 67.4 Å². The Bertz CT molecular complexity index is 497. The van der Waals surface area contributed by atoms with Gasteiger partial charge < -0.3 is 10.1 Å². The molecule has 0 amide bonds. The maximum absolute atomic E-state index is 12.3. The molecule has 1 aromatic heterocycles. The molecule has 0 aliphatic heterocycles. The maximum Gasteiger partial charge on any atom is 0.241 e. The third-order valence-electron chi connectivity index (χ3n) is 2.74. The van der Waals surface area contributed by atoms with Gasteiger partial charge in [0.25, 0.3) is 0 Å². The summed E-state index contributed by atoms with van der Waals surface area (Å²) >= 11 is 1.46. The number of rotatable bonds is 9. The largest absolute Gasteiger partial charge is 0.384 e. The zero-order valence-corrected chi connectivity index (χ0v) is 14.1. The molecule has 20 heavy (non-hydrogen) atoms. The highest BCUT2D eigenvalue weighted by Crippen LogP contribution is 2.22. The lowest BCUT2D eigenvalue weighted by atomic mass is 10.2. The summed E-state index contributed by atoms with van der Waals surface area (Å²) in [7, 11) is -1.83. The van der Waals surface area contributed by atoms with Crippen molar-refractivity contribution in [1.82, 2.24) is 10.0 Å². The first-order valence-corrected chi connectivity index (χ1v) is 9.01. The highest BCUT2D eigenvalue weighted by atomic mass is 32.2. The van der Waals surface area contributed by atoms with Gasteiger partial charge in [0.2, 0.25) is 10.0 Å². The molecule has 2 N–H and O–H groups in total. The molecule has 0 saturated heterocycles. The molecule has 0 aromatic carbocycles. The predicted octanol–water partition coefficient (Wildman–Crippen LogP) is 1.81. The van der Waals surface area contributed by atoms with E-state index in [1.165, 1.54) is 11.3 Å². The van der Waals surface area contributed by atoms with Gasteiger partial charge in [-0.1, -0.05) is 20.8 Å². The fraction of sp³-hybridized carbons (Fsp3) is 0.692. The van der Waals surface area contributed by atoms with Gasteiger partial charge in [-0.25, -0.2) is 13.1 Å². The Kier molecular flexibility index (Phi) is 7.11. The molecule has 0 saturated carbocycles. The number of hydrogen-bond donors (Lipinski definition) is 2. The van der Waals surface area contributed by atoms with Gasteiger partial charge in [0.05, 0.1) is 4.90 Å². The van der Waals surface area contributed by atoms with Crippen LogP contribution in [0.3, 0.4) is 0 Å². The molecule has 0 radical (unpaired) electrons. The second kappa shape index (κ2) is 8.09. The molecule has 5 nitrogen and oxygen atoms in total.